The first-order chi connectivity index (χ1) is 7.76. The standard InChI is InChI=1S/C13H19NOS/c1-11-12(5-4-8-14-11)15-9-13(10-16)6-2-3-7-13/h4-5,8,16H,2-3,6-7,9-10H2,1H3. The summed E-state index contributed by atoms with van der Waals surface area (Å²) in [5.74, 6) is 1.84. The van der Waals surface area contributed by atoms with Gasteiger partial charge >= 0.3 is 0 Å². The number of pyridine rings is 1. The Morgan fingerprint density at radius 3 is 2.81 bits per heavy atom. The molecule has 0 aliphatic heterocycles. The highest BCUT2D eigenvalue weighted by atomic mass is 32.1. The van der Waals surface area contributed by atoms with E-state index in [4.69, 9.17) is 4.74 Å². The van der Waals surface area contributed by atoms with Gasteiger partial charge in [-0.25, -0.2) is 0 Å². The average Bonchev–Trinajstić information content (AvgIpc) is 2.78. The zero-order valence-corrected chi connectivity index (χ0v) is 10.7. The second-order valence-electron chi connectivity index (χ2n) is 4.74. The van der Waals surface area contributed by atoms with Gasteiger partial charge < -0.3 is 4.74 Å². The largest absolute Gasteiger partial charge is 0.491 e. The molecule has 16 heavy (non-hydrogen) atoms. The number of nitrogens with zero attached hydrogens (tertiary/aromatic N) is 1. The first-order valence-corrected chi connectivity index (χ1v) is 6.54. The Labute approximate surface area is 103 Å². The fourth-order valence-electron chi connectivity index (χ4n) is 2.33. The molecule has 0 spiro atoms. The van der Waals surface area contributed by atoms with Crippen molar-refractivity contribution in [3.05, 3.63) is 24.0 Å². The van der Waals surface area contributed by atoms with Crippen LogP contribution in [0, 0.1) is 12.3 Å². The highest BCUT2D eigenvalue weighted by molar-refractivity contribution is 7.80. The third-order valence-electron chi connectivity index (χ3n) is 3.49. The van der Waals surface area contributed by atoms with Gasteiger partial charge in [0.15, 0.2) is 0 Å². The van der Waals surface area contributed by atoms with Crippen LogP contribution in [0.15, 0.2) is 18.3 Å². The maximum absolute atomic E-state index is 5.90. The van der Waals surface area contributed by atoms with Crippen molar-refractivity contribution in [3.63, 3.8) is 0 Å². The normalized spacial score (nSPS) is 18.6. The van der Waals surface area contributed by atoms with Crippen molar-refractivity contribution in [3.8, 4) is 5.75 Å². The maximum Gasteiger partial charge on any atom is 0.140 e. The molecule has 88 valence electrons. The van der Waals surface area contributed by atoms with Gasteiger partial charge in [0.25, 0.3) is 0 Å². The Hall–Kier alpha value is -0.700. The molecular weight excluding hydrogens is 218 g/mol. The van der Waals surface area contributed by atoms with Crippen molar-refractivity contribution in [2.75, 3.05) is 12.4 Å². The van der Waals surface area contributed by atoms with Crippen molar-refractivity contribution in [2.24, 2.45) is 5.41 Å². The number of hydrogen-bond donors (Lipinski definition) is 1. The first-order valence-electron chi connectivity index (χ1n) is 5.91. The summed E-state index contributed by atoms with van der Waals surface area (Å²) < 4.78 is 5.90. The number of thiol groups is 1. The summed E-state index contributed by atoms with van der Waals surface area (Å²) in [7, 11) is 0. The monoisotopic (exact) mass is 237 g/mol. The van der Waals surface area contributed by atoms with E-state index in [1.807, 2.05) is 19.1 Å². The van der Waals surface area contributed by atoms with E-state index in [1.165, 1.54) is 25.7 Å². The number of aryl methyl sites for hydroxylation is 1. The average molecular weight is 237 g/mol. The number of ether oxygens (including phenoxy) is 1. The van der Waals surface area contributed by atoms with E-state index in [-0.39, 0.29) is 0 Å². The van der Waals surface area contributed by atoms with E-state index in [1.54, 1.807) is 6.20 Å². The Bertz CT molecular complexity index is 348. The maximum atomic E-state index is 5.90. The van der Waals surface area contributed by atoms with Crippen LogP contribution in [0.5, 0.6) is 5.75 Å². The van der Waals surface area contributed by atoms with E-state index in [0.717, 1.165) is 23.8 Å². The molecule has 0 amide bonds. The Morgan fingerprint density at radius 2 is 2.19 bits per heavy atom. The summed E-state index contributed by atoms with van der Waals surface area (Å²) in [5, 5.41) is 0. The van der Waals surface area contributed by atoms with Gasteiger partial charge in [0, 0.05) is 11.6 Å². The highest BCUT2D eigenvalue weighted by Crippen LogP contribution is 2.39. The van der Waals surface area contributed by atoms with E-state index < -0.39 is 0 Å². The van der Waals surface area contributed by atoms with Crippen LogP contribution in [-0.2, 0) is 0 Å². The van der Waals surface area contributed by atoms with Crippen molar-refractivity contribution in [1.82, 2.24) is 4.98 Å². The van der Waals surface area contributed by atoms with Gasteiger partial charge in [-0.15, -0.1) is 0 Å². The van der Waals surface area contributed by atoms with Gasteiger partial charge in [0.2, 0.25) is 0 Å². The zero-order chi connectivity index (χ0) is 11.4. The van der Waals surface area contributed by atoms with Crippen LogP contribution in [0.25, 0.3) is 0 Å². The van der Waals surface area contributed by atoms with Crippen LogP contribution in [0.2, 0.25) is 0 Å². The molecule has 1 aliphatic rings. The third-order valence-corrected chi connectivity index (χ3v) is 4.16. The lowest BCUT2D eigenvalue weighted by molar-refractivity contribution is 0.171. The Morgan fingerprint density at radius 1 is 1.44 bits per heavy atom. The molecule has 0 unspecified atom stereocenters. The van der Waals surface area contributed by atoms with Gasteiger partial charge in [0.1, 0.15) is 5.75 Å². The van der Waals surface area contributed by atoms with Gasteiger partial charge in [-0.3, -0.25) is 4.98 Å². The van der Waals surface area contributed by atoms with Gasteiger partial charge in [-0.05, 0) is 37.7 Å². The van der Waals surface area contributed by atoms with Gasteiger partial charge in [-0.2, -0.15) is 12.6 Å². The first kappa shape index (κ1) is 11.8. The fourth-order valence-corrected chi connectivity index (χ4v) is 2.73. The zero-order valence-electron chi connectivity index (χ0n) is 9.78. The quantitative estimate of drug-likeness (QED) is 0.812. The van der Waals surface area contributed by atoms with Crippen molar-refractivity contribution in [1.29, 1.82) is 0 Å². The SMILES string of the molecule is Cc1ncccc1OCC1(CS)CCCC1. The molecule has 0 bridgehead atoms. The molecule has 0 aromatic carbocycles. The summed E-state index contributed by atoms with van der Waals surface area (Å²) >= 11 is 4.48. The molecule has 1 aromatic heterocycles. The molecule has 1 aromatic rings. The summed E-state index contributed by atoms with van der Waals surface area (Å²) in [6.07, 6.45) is 6.92. The lowest BCUT2D eigenvalue weighted by Gasteiger charge is -2.26. The molecule has 1 aliphatic carbocycles. The predicted molar refractivity (Wildman–Crippen MR) is 69.2 cm³/mol. The van der Waals surface area contributed by atoms with Crippen LogP contribution < -0.4 is 4.74 Å². The second-order valence-corrected chi connectivity index (χ2v) is 5.06. The molecule has 1 saturated carbocycles. The fraction of sp³-hybridized carbons (Fsp3) is 0.615. The Balaban J connectivity index is 1.98. The van der Waals surface area contributed by atoms with Crippen LogP contribution in [0.3, 0.4) is 0 Å². The van der Waals surface area contributed by atoms with E-state index in [2.05, 4.69) is 17.6 Å². The summed E-state index contributed by atoms with van der Waals surface area (Å²) in [4.78, 5) is 4.23. The van der Waals surface area contributed by atoms with Gasteiger partial charge in [-0.1, -0.05) is 12.8 Å². The molecule has 2 nitrogen and oxygen atoms in total. The number of aromatic nitrogens is 1. The summed E-state index contributed by atoms with van der Waals surface area (Å²) in [6, 6.07) is 3.91. The lowest BCUT2D eigenvalue weighted by atomic mass is 9.90. The minimum atomic E-state index is 0.297. The van der Waals surface area contributed by atoms with Crippen molar-refractivity contribution >= 4 is 12.6 Å². The van der Waals surface area contributed by atoms with Crippen LogP contribution in [0.4, 0.5) is 0 Å². The topological polar surface area (TPSA) is 22.1 Å². The molecule has 3 heteroatoms. The molecule has 0 radical (unpaired) electrons. The molecule has 2 rings (SSSR count). The minimum absolute atomic E-state index is 0.297. The smallest absolute Gasteiger partial charge is 0.140 e. The van der Waals surface area contributed by atoms with E-state index >= 15 is 0 Å². The lowest BCUT2D eigenvalue weighted by Crippen LogP contribution is -2.27. The predicted octanol–water partition coefficient (Wildman–Crippen LogP) is 3.26. The van der Waals surface area contributed by atoms with E-state index in [9.17, 15) is 0 Å². The van der Waals surface area contributed by atoms with E-state index in [0.29, 0.717) is 5.41 Å². The molecule has 1 fully saturated rings. The molecule has 0 atom stereocenters. The van der Waals surface area contributed by atoms with Crippen LogP contribution in [-0.4, -0.2) is 17.3 Å². The molecule has 0 saturated heterocycles. The van der Waals surface area contributed by atoms with Crippen LogP contribution in [0.1, 0.15) is 31.4 Å². The second kappa shape index (κ2) is 5.09. The van der Waals surface area contributed by atoms with Crippen molar-refractivity contribution < 1.29 is 4.74 Å². The van der Waals surface area contributed by atoms with Crippen LogP contribution >= 0.6 is 12.6 Å². The molecule has 1 heterocycles. The molecule has 0 N–H and O–H groups in total. The minimum Gasteiger partial charge on any atom is -0.491 e. The van der Waals surface area contributed by atoms with Crippen molar-refractivity contribution in [2.45, 2.75) is 32.6 Å². The third kappa shape index (κ3) is 2.51. The molecular formula is C13H19NOS. The Kier molecular flexibility index (Phi) is 3.74. The number of hydrogen-bond acceptors (Lipinski definition) is 3. The summed E-state index contributed by atoms with van der Waals surface area (Å²) in [5.41, 5.74) is 1.26. The number of rotatable bonds is 4. The highest BCUT2D eigenvalue weighted by Gasteiger charge is 2.33. The summed E-state index contributed by atoms with van der Waals surface area (Å²) in [6.45, 7) is 2.76. The van der Waals surface area contributed by atoms with Gasteiger partial charge in [0.05, 0.1) is 12.3 Å².